The molecule has 5 aromatic rings. The van der Waals surface area contributed by atoms with Crippen molar-refractivity contribution < 1.29 is 27.4 Å². The molecule has 50 heavy (non-hydrogen) atoms. The molecule has 1 aliphatic rings. The average molecular weight is 680 g/mol. The van der Waals surface area contributed by atoms with E-state index in [-0.39, 0.29) is 11.6 Å². The lowest BCUT2D eigenvalue weighted by Gasteiger charge is -2.49. The van der Waals surface area contributed by atoms with Crippen LogP contribution >= 0.6 is 0 Å². The van der Waals surface area contributed by atoms with Gasteiger partial charge >= 0.3 is 5.92 Å². The first-order chi connectivity index (χ1) is 23.8. The zero-order valence-corrected chi connectivity index (χ0v) is 28.9. The molecule has 258 valence electrons. The maximum atomic E-state index is 16.8. The number of hydrogen-bond acceptors (Lipinski definition) is 6. The fraction of sp³-hybridized carbons (Fsp3) is 0.244. The van der Waals surface area contributed by atoms with E-state index in [4.69, 9.17) is 14.2 Å². The Morgan fingerprint density at radius 2 is 1.24 bits per heavy atom. The third-order valence-electron chi connectivity index (χ3n) is 9.51. The molecule has 0 amide bonds. The van der Waals surface area contributed by atoms with Crippen LogP contribution in [0.2, 0.25) is 0 Å². The monoisotopic (exact) mass is 679 g/mol. The second kappa shape index (κ2) is 13.1. The van der Waals surface area contributed by atoms with E-state index < -0.39 is 28.4 Å². The molecule has 1 aliphatic heterocycles. The smallest absolute Gasteiger partial charge is 0.315 e. The Labute approximate surface area is 291 Å². The Kier molecular flexibility index (Phi) is 9.03. The maximum Gasteiger partial charge on any atom is 0.315 e. The second-order valence-electron chi connectivity index (χ2n) is 13.0. The third kappa shape index (κ3) is 5.91. The number of halogens is 3. The Morgan fingerprint density at radius 1 is 0.700 bits per heavy atom. The van der Waals surface area contributed by atoms with Crippen molar-refractivity contribution in [3.63, 3.8) is 0 Å². The molecule has 0 bridgehead atoms. The van der Waals surface area contributed by atoms with Gasteiger partial charge in [-0.25, -0.2) is 9.38 Å². The van der Waals surface area contributed by atoms with Crippen molar-refractivity contribution in [3.05, 3.63) is 155 Å². The van der Waals surface area contributed by atoms with Crippen LogP contribution in [0.15, 0.2) is 126 Å². The number of aliphatic imine (C=N–C) groups is 1. The molecular weight excluding hydrogens is 639 g/mol. The van der Waals surface area contributed by atoms with Crippen LogP contribution in [0.3, 0.4) is 0 Å². The number of amidine groups is 1. The van der Waals surface area contributed by atoms with Crippen molar-refractivity contribution >= 4 is 17.4 Å². The van der Waals surface area contributed by atoms with Gasteiger partial charge < -0.3 is 24.8 Å². The number of anilines is 2. The van der Waals surface area contributed by atoms with Crippen LogP contribution in [0.4, 0.5) is 24.5 Å². The topological polar surface area (TPSA) is 64.1 Å². The molecule has 1 atom stereocenters. The summed E-state index contributed by atoms with van der Waals surface area (Å²) >= 11 is 0. The molecule has 0 aliphatic carbocycles. The van der Waals surface area contributed by atoms with Gasteiger partial charge in [0.15, 0.2) is 11.1 Å². The minimum Gasteiger partial charge on any atom is -0.497 e. The van der Waals surface area contributed by atoms with Gasteiger partial charge in [-0.1, -0.05) is 72.8 Å². The van der Waals surface area contributed by atoms with E-state index in [1.807, 2.05) is 110 Å². The Balaban J connectivity index is 1.56. The fourth-order valence-corrected chi connectivity index (χ4v) is 6.56. The van der Waals surface area contributed by atoms with Gasteiger partial charge in [0.2, 0.25) is 0 Å². The van der Waals surface area contributed by atoms with Crippen LogP contribution < -0.4 is 20.1 Å². The molecule has 0 spiro atoms. The molecule has 0 saturated carbocycles. The SMILES string of the molecule is COc1ccc(C(NC2=N[C@](C)(c3cc(Nc4ccccc4C)ccc3F)C(F)(F)C(C)(C)O2)(c2ccccc2)c2ccc(OC)cc2)cc1. The number of ether oxygens (including phenoxy) is 3. The summed E-state index contributed by atoms with van der Waals surface area (Å²) < 4.78 is 66.5. The number of nitrogens with one attached hydrogen (secondary N) is 2. The Morgan fingerprint density at radius 3 is 1.80 bits per heavy atom. The maximum absolute atomic E-state index is 16.8. The summed E-state index contributed by atoms with van der Waals surface area (Å²) in [5.41, 5.74) is -1.61. The highest BCUT2D eigenvalue weighted by Crippen LogP contribution is 2.53. The van der Waals surface area contributed by atoms with Gasteiger partial charge in [-0.05, 0) is 98.5 Å². The Hall–Kier alpha value is -5.44. The number of para-hydroxylation sites is 1. The molecule has 0 aromatic heterocycles. The van der Waals surface area contributed by atoms with Crippen molar-refractivity contribution in [2.24, 2.45) is 4.99 Å². The van der Waals surface area contributed by atoms with Crippen molar-refractivity contribution in [1.29, 1.82) is 0 Å². The molecule has 6 nitrogen and oxygen atoms in total. The zero-order chi connectivity index (χ0) is 35.7. The number of aryl methyl sites for hydroxylation is 1. The summed E-state index contributed by atoms with van der Waals surface area (Å²) in [4.78, 5) is 4.60. The van der Waals surface area contributed by atoms with Gasteiger partial charge in [0.05, 0.1) is 14.2 Å². The Bertz CT molecular complexity index is 1950. The van der Waals surface area contributed by atoms with Crippen molar-refractivity contribution in [3.8, 4) is 11.5 Å². The van der Waals surface area contributed by atoms with Gasteiger partial charge in [-0.3, -0.25) is 0 Å². The molecule has 0 fully saturated rings. The molecule has 6 rings (SSSR count). The van der Waals surface area contributed by atoms with Crippen LogP contribution in [0.25, 0.3) is 0 Å². The fourth-order valence-electron chi connectivity index (χ4n) is 6.56. The van der Waals surface area contributed by atoms with E-state index in [2.05, 4.69) is 15.6 Å². The molecule has 0 saturated heterocycles. The van der Waals surface area contributed by atoms with Crippen LogP contribution in [0, 0.1) is 12.7 Å². The van der Waals surface area contributed by atoms with Gasteiger partial charge in [-0.15, -0.1) is 0 Å². The number of alkyl halides is 2. The van der Waals surface area contributed by atoms with Gasteiger partial charge in [0.1, 0.15) is 22.9 Å². The van der Waals surface area contributed by atoms with Crippen molar-refractivity contribution in [1.82, 2.24) is 5.32 Å². The first-order valence-corrected chi connectivity index (χ1v) is 16.3. The van der Waals surface area contributed by atoms with E-state index >= 15 is 13.2 Å². The van der Waals surface area contributed by atoms with Gasteiger partial charge in [0.25, 0.3) is 6.02 Å². The van der Waals surface area contributed by atoms with E-state index in [1.54, 1.807) is 14.2 Å². The number of benzene rings is 5. The molecule has 0 radical (unpaired) electrons. The molecule has 9 heteroatoms. The van der Waals surface area contributed by atoms with Crippen molar-refractivity contribution in [2.45, 2.75) is 50.3 Å². The first kappa shape index (κ1) is 34.4. The van der Waals surface area contributed by atoms with E-state index in [0.717, 1.165) is 27.9 Å². The summed E-state index contributed by atoms with van der Waals surface area (Å²) in [6.07, 6.45) is 0. The van der Waals surface area contributed by atoms with Crippen LogP contribution in [0.5, 0.6) is 11.5 Å². The van der Waals surface area contributed by atoms with Crippen LogP contribution in [-0.4, -0.2) is 31.8 Å². The molecule has 0 unspecified atom stereocenters. The van der Waals surface area contributed by atoms with Crippen LogP contribution in [0.1, 0.15) is 48.6 Å². The standard InChI is InChI=1S/C41H40F3N3O3/c1-27-12-10-11-15-36(27)45-31-20-25-35(42)34(26-31)39(4)41(43,44)38(2,3)50-37(46-39)47-40(28-13-8-7-9-14-28,29-16-21-32(48-5)22-17-29)30-18-23-33(49-6)24-19-30/h7-26,45H,1-6H3,(H,46,47)/t39-/m1/s1. The predicted octanol–water partition coefficient (Wildman–Crippen LogP) is 9.49. The van der Waals surface area contributed by atoms with Gasteiger partial charge in [-0.2, -0.15) is 8.78 Å². The van der Waals surface area contributed by atoms with Crippen LogP contribution in [-0.2, 0) is 15.8 Å². The quantitative estimate of drug-likeness (QED) is 0.152. The third-order valence-corrected chi connectivity index (χ3v) is 9.51. The highest BCUT2D eigenvalue weighted by molar-refractivity contribution is 5.80. The highest BCUT2D eigenvalue weighted by Gasteiger charge is 2.66. The average Bonchev–Trinajstić information content (AvgIpc) is 3.12. The van der Waals surface area contributed by atoms with E-state index in [9.17, 15) is 0 Å². The van der Waals surface area contributed by atoms with E-state index in [1.165, 1.54) is 39.0 Å². The molecular formula is C41H40F3N3O3. The number of rotatable bonds is 9. The largest absolute Gasteiger partial charge is 0.497 e. The second-order valence-corrected chi connectivity index (χ2v) is 13.0. The minimum atomic E-state index is -3.66. The molecule has 2 N–H and O–H groups in total. The normalized spacial score (nSPS) is 18.0. The van der Waals surface area contributed by atoms with Gasteiger partial charge in [0, 0.05) is 16.9 Å². The number of hydrogen-bond donors (Lipinski definition) is 2. The zero-order valence-electron chi connectivity index (χ0n) is 28.9. The van der Waals surface area contributed by atoms with Crippen molar-refractivity contribution in [2.75, 3.05) is 19.5 Å². The summed E-state index contributed by atoms with van der Waals surface area (Å²) in [7, 11) is 3.17. The number of nitrogens with zero attached hydrogens (tertiary/aromatic N) is 1. The minimum absolute atomic E-state index is 0.185. The molecule has 5 aromatic carbocycles. The predicted molar refractivity (Wildman–Crippen MR) is 191 cm³/mol. The highest BCUT2D eigenvalue weighted by atomic mass is 19.3. The number of methoxy groups -OCH3 is 2. The molecule has 1 heterocycles. The first-order valence-electron chi connectivity index (χ1n) is 16.3. The van der Waals surface area contributed by atoms with E-state index in [0.29, 0.717) is 17.2 Å². The summed E-state index contributed by atoms with van der Waals surface area (Å²) in [5.74, 6) is -3.20. The lowest BCUT2D eigenvalue weighted by atomic mass is 9.76. The summed E-state index contributed by atoms with van der Waals surface area (Å²) in [6.45, 7) is 5.76. The lowest BCUT2D eigenvalue weighted by molar-refractivity contribution is -0.209. The summed E-state index contributed by atoms with van der Waals surface area (Å²) in [6, 6.07) is 35.9. The summed E-state index contributed by atoms with van der Waals surface area (Å²) in [5, 5.41) is 6.72. The lowest BCUT2D eigenvalue weighted by Crippen LogP contribution is -2.64.